The summed E-state index contributed by atoms with van der Waals surface area (Å²) in [5.41, 5.74) is 3.79. The Morgan fingerprint density at radius 3 is 2.35 bits per heavy atom. The molecule has 0 saturated heterocycles. The van der Waals surface area contributed by atoms with Crippen LogP contribution in [0.25, 0.3) is 0 Å². The molecule has 0 aromatic rings. The van der Waals surface area contributed by atoms with Crippen LogP contribution in [0.1, 0.15) is 52.9 Å². The molecule has 1 aliphatic carbocycles. The van der Waals surface area contributed by atoms with E-state index in [9.17, 15) is 14.7 Å². The third kappa shape index (κ3) is 5.90. The Bertz CT molecular complexity index is 462. The fourth-order valence-electron chi connectivity index (χ4n) is 4.00. The second kappa shape index (κ2) is 8.27. The third-order valence-corrected chi connectivity index (χ3v) is 6.33. The van der Waals surface area contributed by atoms with Gasteiger partial charge in [-0.1, -0.05) is 44.8 Å². The van der Waals surface area contributed by atoms with Gasteiger partial charge in [-0.05, 0) is 50.4 Å². The van der Waals surface area contributed by atoms with E-state index in [0.717, 1.165) is 19.3 Å². The number of carboxylic acid groups (broad SMARTS) is 1. The summed E-state index contributed by atoms with van der Waals surface area (Å²) in [4.78, 5) is 23.2. The predicted molar refractivity (Wildman–Crippen MR) is 98.1 cm³/mol. The molecule has 1 fully saturated rings. The number of Topliss-reactive ketones (excluding diaryl/α,β-unsaturated/α-hetero) is 1. The molecule has 1 rings (SSSR count). The fourth-order valence-corrected chi connectivity index (χ4v) is 5.43. The molecule has 4 heteroatoms. The Balaban J connectivity index is 3.21. The summed E-state index contributed by atoms with van der Waals surface area (Å²) in [5.74, 6) is 0.343. The van der Waals surface area contributed by atoms with Crippen molar-refractivity contribution >= 4 is 19.8 Å². The van der Waals surface area contributed by atoms with Crippen molar-refractivity contribution in [2.24, 2.45) is 23.7 Å². The average Bonchev–Trinajstić information content (AvgIpc) is 2.39. The van der Waals surface area contributed by atoms with E-state index in [1.54, 1.807) is 6.92 Å². The normalized spacial score (nSPS) is 28.6. The molecule has 0 aromatic carbocycles. The number of allylic oxidation sites excluding steroid dienone is 1. The maximum Gasteiger partial charge on any atom is 0.307 e. The highest BCUT2D eigenvalue weighted by Crippen LogP contribution is 2.45. The van der Waals surface area contributed by atoms with E-state index in [0.29, 0.717) is 24.7 Å². The molecule has 1 saturated carbocycles. The van der Waals surface area contributed by atoms with Crippen LogP contribution in [0.3, 0.4) is 0 Å². The van der Waals surface area contributed by atoms with Gasteiger partial charge in [0.1, 0.15) is 5.78 Å². The van der Waals surface area contributed by atoms with Gasteiger partial charge >= 0.3 is 5.97 Å². The summed E-state index contributed by atoms with van der Waals surface area (Å²) in [7, 11) is -1.45. The first-order valence-corrected chi connectivity index (χ1v) is 12.6. The first-order valence-electron chi connectivity index (χ1n) is 9.01. The number of hydrogen-bond donors (Lipinski definition) is 1. The standard InChI is InChI=1S/C19H34O3Si/c1-7-15(19(21)22)17-10-8-13(2)16(11-9-14(3)20)18(17)12-23(4,5)6/h12-13,15-17H,7-11H2,1-6H3,(H,21,22)/b18-12+. The van der Waals surface area contributed by atoms with Gasteiger partial charge in [0.05, 0.1) is 14.0 Å². The highest BCUT2D eigenvalue weighted by Gasteiger charge is 2.39. The molecule has 0 bridgehead atoms. The van der Waals surface area contributed by atoms with Gasteiger partial charge in [0.2, 0.25) is 0 Å². The van der Waals surface area contributed by atoms with E-state index in [4.69, 9.17) is 0 Å². The van der Waals surface area contributed by atoms with Crippen LogP contribution >= 0.6 is 0 Å². The topological polar surface area (TPSA) is 54.4 Å². The van der Waals surface area contributed by atoms with Crippen LogP contribution in [0.5, 0.6) is 0 Å². The van der Waals surface area contributed by atoms with Gasteiger partial charge in [-0.3, -0.25) is 4.79 Å². The zero-order valence-electron chi connectivity index (χ0n) is 15.7. The van der Waals surface area contributed by atoms with Crippen molar-refractivity contribution < 1.29 is 14.7 Å². The molecule has 0 amide bonds. The summed E-state index contributed by atoms with van der Waals surface area (Å²) in [5, 5.41) is 9.64. The third-order valence-electron chi connectivity index (χ3n) is 5.13. The number of carbonyl (C=O) groups excluding carboxylic acids is 1. The Kier molecular flexibility index (Phi) is 7.24. The molecule has 1 N–H and O–H groups in total. The molecule has 4 atom stereocenters. The maximum atomic E-state index is 11.7. The second-order valence-electron chi connectivity index (χ2n) is 8.37. The SMILES string of the molecule is CCC(C(=O)O)C1CCC(C)C(CCC(C)=O)/C1=C\[Si](C)(C)C. The van der Waals surface area contributed by atoms with Crippen LogP contribution in [-0.4, -0.2) is 24.9 Å². The number of carboxylic acids is 1. The van der Waals surface area contributed by atoms with Crippen molar-refractivity contribution in [2.75, 3.05) is 0 Å². The lowest BCUT2D eigenvalue weighted by atomic mass is 9.65. The van der Waals surface area contributed by atoms with Crippen molar-refractivity contribution in [3.63, 3.8) is 0 Å². The molecular weight excluding hydrogens is 304 g/mol. The average molecular weight is 339 g/mol. The van der Waals surface area contributed by atoms with E-state index >= 15 is 0 Å². The Hall–Kier alpha value is -0.903. The quantitative estimate of drug-likeness (QED) is 0.669. The molecule has 0 aromatic heterocycles. The molecule has 1 aliphatic rings. The minimum Gasteiger partial charge on any atom is -0.481 e. The first-order chi connectivity index (χ1) is 10.6. The summed E-state index contributed by atoms with van der Waals surface area (Å²) >= 11 is 0. The lowest BCUT2D eigenvalue weighted by Crippen LogP contribution is -2.36. The molecule has 0 radical (unpaired) electrons. The summed E-state index contributed by atoms with van der Waals surface area (Å²) in [6.45, 7) is 12.8. The van der Waals surface area contributed by atoms with E-state index in [1.807, 2.05) is 6.92 Å². The molecule has 3 nitrogen and oxygen atoms in total. The molecule has 0 spiro atoms. The van der Waals surface area contributed by atoms with Gasteiger partial charge in [-0.25, -0.2) is 0 Å². The van der Waals surface area contributed by atoms with E-state index in [-0.39, 0.29) is 17.6 Å². The van der Waals surface area contributed by atoms with Crippen LogP contribution in [-0.2, 0) is 9.59 Å². The van der Waals surface area contributed by atoms with Crippen molar-refractivity contribution in [3.05, 3.63) is 11.3 Å². The monoisotopic (exact) mass is 338 g/mol. The van der Waals surface area contributed by atoms with Crippen LogP contribution in [0.2, 0.25) is 19.6 Å². The van der Waals surface area contributed by atoms with Crippen LogP contribution < -0.4 is 0 Å². The van der Waals surface area contributed by atoms with Gasteiger partial charge < -0.3 is 9.90 Å². The zero-order valence-corrected chi connectivity index (χ0v) is 16.7. The van der Waals surface area contributed by atoms with Crippen molar-refractivity contribution in [3.8, 4) is 0 Å². The Morgan fingerprint density at radius 1 is 1.30 bits per heavy atom. The first kappa shape index (κ1) is 20.1. The number of hydrogen-bond acceptors (Lipinski definition) is 2. The number of carbonyl (C=O) groups is 2. The predicted octanol–water partition coefficient (Wildman–Crippen LogP) is 4.93. The highest BCUT2D eigenvalue weighted by atomic mass is 28.3. The van der Waals surface area contributed by atoms with Crippen LogP contribution in [0.15, 0.2) is 11.3 Å². The summed E-state index contributed by atoms with van der Waals surface area (Å²) < 4.78 is 0. The van der Waals surface area contributed by atoms with E-state index < -0.39 is 14.0 Å². The molecule has 23 heavy (non-hydrogen) atoms. The lowest BCUT2D eigenvalue weighted by Gasteiger charge is -2.41. The van der Waals surface area contributed by atoms with Crippen LogP contribution in [0.4, 0.5) is 0 Å². The largest absolute Gasteiger partial charge is 0.481 e. The summed E-state index contributed by atoms with van der Waals surface area (Å²) in [6.07, 6.45) is 4.20. The number of aliphatic carboxylic acids is 1. The van der Waals surface area contributed by atoms with Crippen molar-refractivity contribution in [1.82, 2.24) is 0 Å². The van der Waals surface area contributed by atoms with Gasteiger partial charge in [-0.15, -0.1) is 0 Å². The molecular formula is C19H34O3Si. The van der Waals surface area contributed by atoms with E-state index in [2.05, 4.69) is 32.3 Å². The molecule has 0 aliphatic heterocycles. The van der Waals surface area contributed by atoms with Crippen LogP contribution in [0, 0.1) is 23.7 Å². The smallest absolute Gasteiger partial charge is 0.307 e. The maximum absolute atomic E-state index is 11.7. The van der Waals surface area contributed by atoms with Crippen molar-refractivity contribution in [1.29, 1.82) is 0 Å². The van der Waals surface area contributed by atoms with Gasteiger partial charge in [-0.2, -0.15) is 0 Å². The minimum absolute atomic E-state index is 0.150. The number of ketones is 1. The minimum atomic E-state index is -1.45. The van der Waals surface area contributed by atoms with Gasteiger partial charge in [0, 0.05) is 6.42 Å². The number of rotatable bonds is 7. The second-order valence-corrected chi connectivity index (χ2v) is 13.4. The fraction of sp³-hybridized carbons (Fsp3) is 0.789. The van der Waals surface area contributed by atoms with Gasteiger partial charge in [0.25, 0.3) is 0 Å². The molecule has 0 heterocycles. The van der Waals surface area contributed by atoms with Crippen molar-refractivity contribution in [2.45, 2.75) is 72.5 Å². The molecule has 132 valence electrons. The Morgan fingerprint density at radius 2 is 1.91 bits per heavy atom. The lowest BCUT2D eigenvalue weighted by molar-refractivity contribution is -0.143. The van der Waals surface area contributed by atoms with Gasteiger partial charge in [0.15, 0.2) is 0 Å². The molecule has 4 unspecified atom stereocenters. The highest BCUT2D eigenvalue weighted by molar-refractivity contribution is 6.81. The Labute approximate surface area is 142 Å². The zero-order chi connectivity index (χ0) is 17.8. The summed E-state index contributed by atoms with van der Waals surface area (Å²) in [6, 6.07) is 0. The van der Waals surface area contributed by atoms with E-state index in [1.165, 1.54) is 5.57 Å².